The molecule has 3 aromatic rings. The fourth-order valence-corrected chi connectivity index (χ4v) is 4.24. The summed E-state index contributed by atoms with van der Waals surface area (Å²) < 4.78 is 29.3. The third kappa shape index (κ3) is 5.19. The fourth-order valence-electron chi connectivity index (χ4n) is 4.24. The third-order valence-electron chi connectivity index (χ3n) is 6.05. The summed E-state index contributed by atoms with van der Waals surface area (Å²) in [6.07, 6.45) is 6.22. The number of halogens is 2. The van der Waals surface area contributed by atoms with E-state index in [1.807, 2.05) is 6.08 Å². The van der Waals surface area contributed by atoms with E-state index in [2.05, 4.69) is 38.0 Å². The Bertz CT molecular complexity index is 1130. The summed E-state index contributed by atoms with van der Waals surface area (Å²) in [4.78, 5) is 13.1. The van der Waals surface area contributed by atoms with Gasteiger partial charge in [0.1, 0.15) is 29.5 Å². The highest BCUT2D eigenvalue weighted by atomic mass is 19.1. The van der Waals surface area contributed by atoms with E-state index in [-0.39, 0.29) is 5.82 Å². The van der Waals surface area contributed by atoms with Crippen molar-refractivity contribution in [1.82, 2.24) is 29.5 Å². The van der Waals surface area contributed by atoms with E-state index in [0.29, 0.717) is 28.8 Å². The highest BCUT2D eigenvalue weighted by molar-refractivity contribution is 5.98. The lowest BCUT2D eigenvalue weighted by Gasteiger charge is -2.36. The van der Waals surface area contributed by atoms with Crippen LogP contribution >= 0.6 is 0 Å². The maximum absolute atomic E-state index is 13.8. The summed E-state index contributed by atoms with van der Waals surface area (Å²) in [5.74, 6) is -1.10. The molecule has 2 N–H and O–H groups in total. The summed E-state index contributed by atoms with van der Waals surface area (Å²) in [6, 6.07) is 3.32. The Hall–Kier alpha value is -3.33. The number of benzene rings is 1. The molecule has 1 aliphatic heterocycles. The summed E-state index contributed by atoms with van der Waals surface area (Å²) in [5, 5.41) is 5.11. The van der Waals surface area contributed by atoms with E-state index < -0.39 is 11.6 Å². The van der Waals surface area contributed by atoms with Gasteiger partial charge >= 0.3 is 0 Å². The van der Waals surface area contributed by atoms with Crippen molar-refractivity contribution in [3.05, 3.63) is 61.1 Å². The number of fused-ring (bicyclic) bond motifs is 1. The lowest BCUT2D eigenvalue weighted by atomic mass is 10.1. The first-order chi connectivity index (χ1) is 16.0. The normalized spacial score (nSPS) is 14.7. The van der Waals surface area contributed by atoms with Crippen molar-refractivity contribution >= 4 is 16.9 Å². The molecule has 0 atom stereocenters. The molecule has 3 heterocycles. The summed E-state index contributed by atoms with van der Waals surface area (Å²) in [6.45, 7) is 13.5. The van der Waals surface area contributed by atoms with E-state index in [0.717, 1.165) is 63.7 Å². The zero-order valence-corrected chi connectivity index (χ0v) is 18.7. The van der Waals surface area contributed by atoms with Gasteiger partial charge in [-0.1, -0.05) is 19.6 Å². The van der Waals surface area contributed by atoms with Crippen LogP contribution in [0.4, 0.5) is 14.6 Å². The van der Waals surface area contributed by atoms with E-state index in [4.69, 9.17) is 5.73 Å². The van der Waals surface area contributed by atoms with Crippen LogP contribution in [0.3, 0.4) is 0 Å². The number of aromatic nitrogens is 4. The SMILES string of the molecule is C=CC(=C)N1CCN(CCCCCn2nc(-c3cc(F)cc(F)c3)c3c(N)ncnc32)CC1. The Labute approximate surface area is 192 Å². The fraction of sp³-hybridized carbons (Fsp3) is 0.375. The zero-order valence-electron chi connectivity index (χ0n) is 18.7. The number of nitrogen functional groups attached to an aromatic ring is 1. The van der Waals surface area contributed by atoms with Crippen molar-refractivity contribution in [2.24, 2.45) is 0 Å². The molecule has 0 spiro atoms. The number of anilines is 1. The minimum absolute atomic E-state index is 0.240. The number of unbranched alkanes of at least 4 members (excludes halogenated alkanes) is 2. The highest BCUT2D eigenvalue weighted by Gasteiger charge is 2.19. The number of piperazine rings is 1. The Morgan fingerprint density at radius 3 is 2.39 bits per heavy atom. The predicted molar refractivity (Wildman–Crippen MR) is 126 cm³/mol. The smallest absolute Gasteiger partial charge is 0.163 e. The molecule has 2 aromatic heterocycles. The van der Waals surface area contributed by atoms with Crippen LogP contribution in [0.25, 0.3) is 22.3 Å². The van der Waals surface area contributed by atoms with Gasteiger partial charge in [0, 0.05) is 50.1 Å². The van der Waals surface area contributed by atoms with Crippen LogP contribution in [0.5, 0.6) is 0 Å². The van der Waals surface area contributed by atoms with Crippen LogP contribution in [0.15, 0.2) is 49.5 Å². The molecule has 0 unspecified atom stereocenters. The number of hydrogen-bond donors (Lipinski definition) is 1. The number of rotatable bonds is 9. The van der Waals surface area contributed by atoms with Crippen molar-refractivity contribution in [1.29, 1.82) is 0 Å². The highest BCUT2D eigenvalue weighted by Crippen LogP contribution is 2.31. The van der Waals surface area contributed by atoms with E-state index in [1.165, 1.54) is 18.5 Å². The van der Waals surface area contributed by atoms with Crippen LogP contribution in [-0.2, 0) is 6.54 Å². The number of allylic oxidation sites excluding steroid dienone is 1. The largest absolute Gasteiger partial charge is 0.383 e. The van der Waals surface area contributed by atoms with Gasteiger partial charge in [-0.05, 0) is 37.6 Å². The van der Waals surface area contributed by atoms with Gasteiger partial charge in [0.05, 0.1) is 5.39 Å². The number of hydrogen-bond acceptors (Lipinski definition) is 6. The van der Waals surface area contributed by atoms with Gasteiger partial charge in [0.15, 0.2) is 5.65 Å². The molecule has 0 aliphatic carbocycles. The first-order valence-electron chi connectivity index (χ1n) is 11.2. The molecule has 1 aliphatic rings. The second-order valence-electron chi connectivity index (χ2n) is 8.27. The van der Waals surface area contributed by atoms with E-state index in [1.54, 1.807) is 4.68 Å². The maximum atomic E-state index is 13.8. The molecule has 1 fully saturated rings. The lowest BCUT2D eigenvalue weighted by molar-refractivity contribution is 0.160. The Morgan fingerprint density at radius 1 is 1.00 bits per heavy atom. The zero-order chi connectivity index (χ0) is 23.4. The number of nitrogens with two attached hydrogens (primary N) is 1. The van der Waals surface area contributed by atoms with Gasteiger partial charge in [-0.2, -0.15) is 5.10 Å². The topological polar surface area (TPSA) is 76.1 Å². The first kappa shape index (κ1) is 22.8. The molecule has 1 aromatic carbocycles. The Kier molecular flexibility index (Phi) is 6.98. The number of nitrogens with zero attached hydrogens (tertiary/aromatic N) is 6. The van der Waals surface area contributed by atoms with E-state index in [9.17, 15) is 8.78 Å². The third-order valence-corrected chi connectivity index (χ3v) is 6.05. The average Bonchev–Trinajstić information content (AvgIpc) is 3.18. The van der Waals surface area contributed by atoms with Crippen LogP contribution in [-0.4, -0.2) is 62.3 Å². The van der Waals surface area contributed by atoms with Gasteiger partial charge in [-0.3, -0.25) is 4.90 Å². The standard InChI is InChI=1S/C24H29F2N7/c1-3-17(2)32-11-9-31(10-12-32)7-5-4-6-8-33-24-21(23(27)28-16-29-24)22(30-33)18-13-19(25)15-20(26)14-18/h3,13-16H,1-2,4-12H2,(H2,27,28,29). The summed E-state index contributed by atoms with van der Waals surface area (Å²) >= 11 is 0. The second kappa shape index (κ2) is 10.1. The van der Waals surface area contributed by atoms with Crippen LogP contribution in [0.1, 0.15) is 19.3 Å². The van der Waals surface area contributed by atoms with Crippen LogP contribution in [0, 0.1) is 11.6 Å². The minimum atomic E-state index is -0.669. The summed E-state index contributed by atoms with van der Waals surface area (Å²) in [7, 11) is 0. The quantitative estimate of drug-likeness (QED) is 0.392. The maximum Gasteiger partial charge on any atom is 0.163 e. The number of aryl methyl sites for hydroxylation is 1. The molecule has 0 bridgehead atoms. The van der Waals surface area contributed by atoms with Crippen LogP contribution in [0.2, 0.25) is 0 Å². The lowest BCUT2D eigenvalue weighted by Crippen LogP contribution is -2.45. The predicted octanol–water partition coefficient (Wildman–Crippen LogP) is 3.84. The summed E-state index contributed by atoms with van der Waals surface area (Å²) in [5.41, 5.74) is 8.34. The van der Waals surface area contributed by atoms with Gasteiger partial charge in [-0.15, -0.1) is 0 Å². The molecule has 0 amide bonds. The molecule has 33 heavy (non-hydrogen) atoms. The molecule has 1 saturated heterocycles. The average molecular weight is 454 g/mol. The Balaban J connectivity index is 1.36. The van der Waals surface area contributed by atoms with Crippen molar-refractivity contribution in [2.75, 3.05) is 38.5 Å². The van der Waals surface area contributed by atoms with Crippen LogP contribution < -0.4 is 5.73 Å². The molecule has 0 saturated carbocycles. The molecule has 9 heteroatoms. The van der Waals surface area contributed by atoms with Crippen molar-refractivity contribution < 1.29 is 8.78 Å². The Morgan fingerprint density at radius 2 is 1.70 bits per heavy atom. The molecule has 0 radical (unpaired) electrons. The van der Waals surface area contributed by atoms with Crippen molar-refractivity contribution in [3.8, 4) is 11.3 Å². The first-order valence-corrected chi connectivity index (χ1v) is 11.2. The van der Waals surface area contributed by atoms with Gasteiger partial charge in [0.25, 0.3) is 0 Å². The molecule has 174 valence electrons. The van der Waals surface area contributed by atoms with Gasteiger partial charge < -0.3 is 10.6 Å². The van der Waals surface area contributed by atoms with Crippen molar-refractivity contribution in [2.45, 2.75) is 25.8 Å². The van der Waals surface area contributed by atoms with Crippen molar-refractivity contribution in [3.63, 3.8) is 0 Å². The van der Waals surface area contributed by atoms with Gasteiger partial charge in [-0.25, -0.2) is 23.4 Å². The second-order valence-corrected chi connectivity index (χ2v) is 8.27. The minimum Gasteiger partial charge on any atom is -0.383 e. The van der Waals surface area contributed by atoms with E-state index >= 15 is 0 Å². The molecular weight excluding hydrogens is 424 g/mol. The molecule has 4 rings (SSSR count). The molecule has 7 nitrogen and oxygen atoms in total. The monoisotopic (exact) mass is 453 g/mol. The molecular formula is C24H29F2N7. The van der Waals surface area contributed by atoms with Gasteiger partial charge in [0.2, 0.25) is 0 Å².